The molecule has 62 heavy (non-hydrogen) atoms. The van der Waals surface area contributed by atoms with Crippen LogP contribution < -0.4 is 0 Å². The molecule has 0 unspecified atom stereocenters. The minimum atomic E-state index is -0.196. The van der Waals surface area contributed by atoms with Crippen LogP contribution in [0.3, 0.4) is 0 Å². The lowest BCUT2D eigenvalue weighted by Crippen LogP contribution is -2.02. The van der Waals surface area contributed by atoms with E-state index in [2.05, 4.69) is 48.5 Å². The standard InChI is InChI=1S/C57H36N4O/c1-3-14-37(15-4-1)39-26-30-41(31-27-39)55-58-56(42-32-28-40(29-33-42)38-16-5-2-6-17-38)60-57(59-55)43-34-35-46(48-21-13-22-49-47-20-9-12-25-53(47)62-54(48)49)52(36-43)61-50-23-10-7-18-44(50)45-19-8-11-24-51(45)61/h1-36H/i7D,8D,18D,19D,23D,24D. The highest BCUT2D eigenvalue weighted by molar-refractivity contribution is 6.12. The Labute approximate surface area is 366 Å². The topological polar surface area (TPSA) is 56.7 Å². The summed E-state index contributed by atoms with van der Waals surface area (Å²) in [6, 6.07) is 57.9. The predicted octanol–water partition coefficient (Wildman–Crippen LogP) is 14.9. The first-order valence-corrected chi connectivity index (χ1v) is 20.3. The van der Waals surface area contributed by atoms with Crippen molar-refractivity contribution in [1.82, 2.24) is 19.5 Å². The van der Waals surface area contributed by atoms with Gasteiger partial charge in [0.2, 0.25) is 0 Å². The molecule has 0 aliphatic heterocycles. The molecule has 0 atom stereocenters. The maximum Gasteiger partial charge on any atom is 0.164 e. The number of hydrogen-bond acceptors (Lipinski definition) is 4. The maximum absolute atomic E-state index is 9.36. The van der Waals surface area contributed by atoms with Gasteiger partial charge in [0.25, 0.3) is 0 Å². The van der Waals surface area contributed by atoms with Crippen molar-refractivity contribution in [2.75, 3.05) is 0 Å². The van der Waals surface area contributed by atoms with Gasteiger partial charge in [-0.15, -0.1) is 0 Å². The number of nitrogens with zero attached hydrogens (tertiary/aromatic N) is 4. The molecule has 0 bridgehead atoms. The van der Waals surface area contributed by atoms with Gasteiger partial charge < -0.3 is 8.98 Å². The van der Waals surface area contributed by atoms with E-state index >= 15 is 0 Å². The maximum atomic E-state index is 9.36. The predicted molar refractivity (Wildman–Crippen MR) is 254 cm³/mol. The highest BCUT2D eigenvalue weighted by atomic mass is 16.3. The van der Waals surface area contributed by atoms with Crippen LogP contribution in [0.15, 0.2) is 223 Å². The number of benzene rings is 9. The van der Waals surface area contributed by atoms with Crippen LogP contribution in [-0.4, -0.2) is 19.5 Å². The van der Waals surface area contributed by atoms with Gasteiger partial charge in [0.1, 0.15) is 11.2 Å². The van der Waals surface area contributed by atoms with Crippen molar-refractivity contribution < 1.29 is 12.6 Å². The molecule has 0 N–H and O–H groups in total. The Morgan fingerprint density at radius 3 is 1.45 bits per heavy atom. The van der Waals surface area contributed by atoms with Crippen LogP contribution in [0, 0.1) is 0 Å². The zero-order valence-corrected chi connectivity index (χ0v) is 33.0. The summed E-state index contributed by atoms with van der Waals surface area (Å²) in [7, 11) is 0. The summed E-state index contributed by atoms with van der Waals surface area (Å²) < 4.78 is 62.7. The molecule has 0 aliphatic rings. The Morgan fingerprint density at radius 1 is 0.371 bits per heavy atom. The molecule has 5 nitrogen and oxygen atoms in total. The van der Waals surface area contributed by atoms with E-state index in [4.69, 9.17) is 24.9 Å². The molecule has 0 spiro atoms. The third-order valence-corrected chi connectivity index (χ3v) is 11.5. The molecule has 0 fully saturated rings. The Morgan fingerprint density at radius 2 is 0.855 bits per heavy atom. The van der Waals surface area contributed by atoms with E-state index in [0.717, 1.165) is 55.3 Å². The average molecular weight is 799 g/mol. The monoisotopic (exact) mass is 798 g/mol. The number of rotatable bonds is 7. The lowest BCUT2D eigenvalue weighted by Gasteiger charge is -2.16. The second-order valence-electron chi connectivity index (χ2n) is 15.1. The van der Waals surface area contributed by atoms with E-state index in [1.165, 1.54) is 12.1 Å². The van der Waals surface area contributed by atoms with E-state index in [-0.39, 0.29) is 58.1 Å². The SMILES string of the molecule is [2H]c1cc([2H])c2c(c1[2H])c1c([2H])c([2H])cc([2H])c1n2-c1cc(-c2nc(-c3ccc(-c4ccccc4)cc3)nc(-c3ccc(-c4ccccc4)cc3)n2)ccc1-c1cccc2c1oc1ccccc12. The third kappa shape index (κ3) is 6.06. The average Bonchev–Trinajstić information content (AvgIpc) is 3.96. The second-order valence-corrected chi connectivity index (χ2v) is 15.1. The Hall–Kier alpha value is -8.41. The van der Waals surface area contributed by atoms with E-state index in [1.54, 1.807) is 4.57 Å². The molecule has 0 aliphatic carbocycles. The van der Waals surface area contributed by atoms with Gasteiger partial charge in [-0.25, -0.2) is 15.0 Å². The molecule has 12 rings (SSSR count). The first kappa shape index (κ1) is 29.7. The van der Waals surface area contributed by atoms with Gasteiger partial charge in [-0.2, -0.15) is 0 Å². The van der Waals surface area contributed by atoms with Crippen LogP contribution in [0.5, 0.6) is 0 Å². The Kier molecular flexibility index (Phi) is 7.05. The Bertz CT molecular complexity index is 3790. The van der Waals surface area contributed by atoms with Gasteiger partial charge in [-0.1, -0.05) is 194 Å². The molecule has 0 radical (unpaired) electrons. The smallest absolute Gasteiger partial charge is 0.164 e. The molecule has 0 saturated carbocycles. The van der Waals surface area contributed by atoms with Gasteiger partial charge >= 0.3 is 0 Å². The number of para-hydroxylation sites is 4. The number of fused-ring (bicyclic) bond motifs is 6. The van der Waals surface area contributed by atoms with E-state index in [9.17, 15) is 2.74 Å². The zero-order valence-electron chi connectivity index (χ0n) is 39.0. The molecule has 12 aromatic rings. The van der Waals surface area contributed by atoms with Crippen molar-refractivity contribution in [3.8, 4) is 73.2 Å². The zero-order chi connectivity index (χ0) is 46.2. The first-order chi connectivity index (χ1) is 33.2. The number of hydrogen-bond donors (Lipinski definition) is 0. The normalized spacial score (nSPS) is 12.9. The van der Waals surface area contributed by atoms with Crippen LogP contribution >= 0.6 is 0 Å². The summed E-state index contributed by atoms with van der Waals surface area (Å²) in [5.74, 6) is 1.27. The molecule has 0 amide bonds. The fraction of sp³-hybridized carbons (Fsp3) is 0. The molecule has 3 heterocycles. The van der Waals surface area contributed by atoms with Crippen LogP contribution in [0.2, 0.25) is 0 Å². The lowest BCUT2D eigenvalue weighted by atomic mass is 9.98. The highest BCUT2D eigenvalue weighted by Gasteiger charge is 2.21. The van der Waals surface area contributed by atoms with Gasteiger partial charge in [0, 0.05) is 49.4 Å². The van der Waals surface area contributed by atoms with Gasteiger partial charge in [0.15, 0.2) is 17.5 Å². The summed E-state index contributed by atoms with van der Waals surface area (Å²) in [5.41, 5.74) is 10.1. The second kappa shape index (κ2) is 14.7. The summed E-state index contributed by atoms with van der Waals surface area (Å²) in [6.07, 6.45) is 0. The van der Waals surface area contributed by atoms with E-state index in [1.807, 2.05) is 121 Å². The van der Waals surface area contributed by atoms with Crippen molar-refractivity contribution >= 4 is 43.7 Å². The highest BCUT2D eigenvalue weighted by Crippen LogP contribution is 2.42. The van der Waals surface area contributed by atoms with E-state index < -0.39 is 0 Å². The third-order valence-electron chi connectivity index (χ3n) is 11.5. The minimum Gasteiger partial charge on any atom is -0.455 e. The van der Waals surface area contributed by atoms with Gasteiger partial charge in [-0.3, -0.25) is 0 Å². The Balaban J connectivity index is 1.13. The molecule has 0 saturated heterocycles. The number of aromatic nitrogens is 4. The summed E-state index contributed by atoms with van der Waals surface area (Å²) in [5, 5.41) is 2.17. The summed E-state index contributed by atoms with van der Waals surface area (Å²) in [4.78, 5) is 15.4. The molecule has 3 aromatic heterocycles. The van der Waals surface area contributed by atoms with Crippen molar-refractivity contribution in [2.24, 2.45) is 0 Å². The van der Waals surface area contributed by atoms with Crippen LogP contribution in [0.25, 0.3) is 117 Å². The summed E-state index contributed by atoms with van der Waals surface area (Å²) in [6.45, 7) is 0. The molecular formula is C57H36N4O. The van der Waals surface area contributed by atoms with E-state index in [0.29, 0.717) is 39.9 Å². The largest absolute Gasteiger partial charge is 0.455 e. The van der Waals surface area contributed by atoms with Crippen molar-refractivity contribution in [2.45, 2.75) is 0 Å². The molecule has 290 valence electrons. The van der Waals surface area contributed by atoms with Crippen LogP contribution in [0.4, 0.5) is 0 Å². The van der Waals surface area contributed by atoms with Gasteiger partial charge in [-0.05, 0) is 46.5 Å². The first-order valence-electron chi connectivity index (χ1n) is 23.3. The number of furan rings is 1. The summed E-state index contributed by atoms with van der Waals surface area (Å²) >= 11 is 0. The lowest BCUT2D eigenvalue weighted by molar-refractivity contribution is 0.670. The van der Waals surface area contributed by atoms with Crippen molar-refractivity contribution in [1.29, 1.82) is 0 Å². The minimum absolute atomic E-state index is 0.0662. The van der Waals surface area contributed by atoms with Crippen LogP contribution in [-0.2, 0) is 0 Å². The molecule has 9 aromatic carbocycles. The fourth-order valence-corrected chi connectivity index (χ4v) is 8.45. The van der Waals surface area contributed by atoms with Crippen LogP contribution in [0.1, 0.15) is 8.22 Å². The molecular weight excluding hydrogens is 757 g/mol. The fourth-order valence-electron chi connectivity index (χ4n) is 8.45. The van der Waals surface area contributed by atoms with Gasteiger partial charge in [0.05, 0.1) is 24.9 Å². The van der Waals surface area contributed by atoms with Crippen molar-refractivity contribution in [3.05, 3.63) is 218 Å². The molecule has 5 heteroatoms. The van der Waals surface area contributed by atoms with Crippen molar-refractivity contribution in [3.63, 3.8) is 0 Å². The quantitative estimate of drug-likeness (QED) is 0.161.